The van der Waals surface area contributed by atoms with Crippen LogP contribution in [0, 0.1) is 11.8 Å². The Morgan fingerprint density at radius 2 is 2.17 bits per heavy atom. The first kappa shape index (κ1) is 9.25. The van der Waals surface area contributed by atoms with Gasteiger partial charge in [0, 0.05) is 0 Å². The molecular weight excluding hydrogens is 232 g/mol. The molecule has 0 spiro atoms. The fourth-order valence-corrected chi connectivity index (χ4v) is 0.943. The summed E-state index contributed by atoms with van der Waals surface area (Å²) in [5.41, 5.74) is -0.466. The smallest absolute Gasteiger partial charge is 0.213 e. The quantitative estimate of drug-likeness (QED) is 0.446. The van der Waals surface area contributed by atoms with Crippen LogP contribution < -0.4 is 0 Å². The van der Waals surface area contributed by atoms with E-state index >= 15 is 0 Å². The van der Waals surface area contributed by atoms with Gasteiger partial charge in [-0.25, -0.2) is 9.37 Å². The third kappa shape index (κ3) is 1.85. The molecule has 0 saturated carbocycles. The Balaban J connectivity index is 3.13. The van der Waals surface area contributed by atoms with Crippen molar-refractivity contribution in [1.82, 2.24) is 4.98 Å². The lowest BCUT2D eigenvalue weighted by Crippen LogP contribution is -2.07. The molecule has 5 heteroatoms. The van der Waals surface area contributed by atoms with E-state index in [4.69, 9.17) is 0 Å². The summed E-state index contributed by atoms with van der Waals surface area (Å²) in [6.07, 6.45) is 0. The van der Waals surface area contributed by atoms with Gasteiger partial charge < -0.3 is 0 Å². The van der Waals surface area contributed by atoms with Crippen LogP contribution in [0.15, 0.2) is 12.1 Å². The minimum Gasteiger partial charge on any atom is -0.291 e. The molecule has 12 heavy (non-hydrogen) atoms. The maximum atomic E-state index is 12.7. The summed E-state index contributed by atoms with van der Waals surface area (Å²) in [4.78, 5) is 14.0. The summed E-state index contributed by atoms with van der Waals surface area (Å²) in [5, 5.41) is -0.0691. The second-order valence-electron chi connectivity index (χ2n) is 2.02. The SMILES string of the molecule is O=C(CBr)c1nc(F)ccc1F. The second-order valence-corrected chi connectivity index (χ2v) is 2.58. The van der Waals surface area contributed by atoms with Crippen LogP contribution in [-0.4, -0.2) is 16.1 Å². The Morgan fingerprint density at radius 1 is 1.50 bits per heavy atom. The minimum atomic E-state index is -0.860. The third-order valence-corrected chi connectivity index (χ3v) is 1.71. The molecule has 0 N–H and O–H groups in total. The number of hydrogen-bond acceptors (Lipinski definition) is 2. The Labute approximate surface area is 75.7 Å². The Kier molecular flexibility index (Phi) is 2.86. The first-order valence-electron chi connectivity index (χ1n) is 3.06. The van der Waals surface area contributed by atoms with E-state index < -0.39 is 23.2 Å². The fraction of sp³-hybridized carbons (Fsp3) is 0.143. The lowest BCUT2D eigenvalue weighted by molar-refractivity contribution is 0.101. The molecule has 0 aliphatic heterocycles. The highest BCUT2D eigenvalue weighted by atomic mass is 79.9. The largest absolute Gasteiger partial charge is 0.291 e. The maximum absolute atomic E-state index is 12.7. The van der Waals surface area contributed by atoms with Crippen LogP contribution in [0.25, 0.3) is 0 Å². The summed E-state index contributed by atoms with van der Waals surface area (Å²) in [5.74, 6) is -2.24. The van der Waals surface area contributed by atoms with E-state index in [2.05, 4.69) is 20.9 Å². The number of pyridine rings is 1. The van der Waals surface area contributed by atoms with Crippen molar-refractivity contribution in [3.05, 3.63) is 29.6 Å². The monoisotopic (exact) mass is 235 g/mol. The number of carbonyl (C=O) groups excluding carboxylic acids is 1. The van der Waals surface area contributed by atoms with E-state index in [-0.39, 0.29) is 5.33 Å². The van der Waals surface area contributed by atoms with Crippen LogP contribution in [0.2, 0.25) is 0 Å². The number of aromatic nitrogens is 1. The highest BCUT2D eigenvalue weighted by Gasteiger charge is 2.12. The van der Waals surface area contributed by atoms with E-state index in [0.29, 0.717) is 0 Å². The molecular formula is C7H4BrF2NO. The van der Waals surface area contributed by atoms with Crippen LogP contribution in [0.4, 0.5) is 8.78 Å². The molecule has 1 heterocycles. The molecule has 0 amide bonds. The van der Waals surface area contributed by atoms with Crippen molar-refractivity contribution >= 4 is 21.7 Å². The summed E-state index contributed by atoms with van der Waals surface area (Å²) in [7, 11) is 0. The van der Waals surface area contributed by atoms with Gasteiger partial charge in [0.25, 0.3) is 0 Å². The first-order valence-corrected chi connectivity index (χ1v) is 4.18. The van der Waals surface area contributed by atoms with E-state index in [1.807, 2.05) is 0 Å². The molecule has 0 saturated heterocycles. The normalized spacial score (nSPS) is 9.92. The third-order valence-electron chi connectivity index (χ3n) is 1.20. The van der Waals surface area contributed by atoms with E-state index in [1.165, 1.54) is 0 Å². The Hall–Kier alpha value is -0.840. The topological polar surface area (TPSA) is 30.0 Å². The van der Waals surface area contributed by atoms with Crippen LogP contribution in [0.1, 0.15) is 10.5 Å². The van der Waals surface area contributed by atoms with Crippen molar-refractivity contribution in [1.29, 1.82) is 0 Å². The van der Waals surface area contributed by atoms with Gasteiger partial charge >= 0.3 is 0 Å². The van der Waals surface area contributed by atoms with Gasteiger partial charge in [-0.15, -0.1) is 0 Å². The van der Waals surface area contributed by atoms with Crippen molar-refractivity contribution in [3.63, 3.8) is 0 Å². The van der Waals surface area contributed by atoms with Crippen molar-refractivity contribution in [3.8, 4) is 0 Å². The number of ketones is 1. The molecule has 0 bridgehead atoms. The molecule has 0 aliphatic rings. The maximum Gasteiger partial charge on any atom is 0.213 e. The highest BCUT2D eigenvalue weighted by molar-refractivity contribution is 9.09. The molecule has 0 aromatic carbocycles. The lowest BCUT2D eigenvalue weighted by Gasteiger charge is -1.97. The standard InChI is InChI=1S/C7H4BrF2NO/c8-3-5(12)7-4(9)1-2-6(10)11-7/h1-2H,3H2. The van der Waals surface area contributed by atoms with Gasteiger partial charge in [0.15, 0.2) is 11.6 Å². The van der Waals surface area contributed by atoms with Crippen molar-refractivity contribution in [2.24, 2.45) is 0 Å². The number of alkyl halides is 1. The molecule has 0 aliphatic carbocycles. The predicted molar refractivity (Wildman–Crippen MR) is 42.3 cm³/mol. The lowest BCUT2D eigenvalue weighted by atomic mass is 10.2. The number of carbonyl (C=O) groups is 1. The second kappa shape index (κ2) is 3.71. The van der Waals surface area contributed by atoms with Crippen LogP contribution >= 0.6 is 15.9 Å². The van der Waals surface area contributed by atoms with Crippen molar-refractivity contribution in [2.75, 3.05) is 5.33 Å². The molecule has 64 valence electrons. The molecule has 0 fully saturated rings. The van der Waals surface area contributed by atoms with Crippen LogP contribution in [-0.2, 0) is 0 Å². The van der Waals surface area contributed by atoms with E-state index in [9.17, 15) is 13.6 Å². The highest BCUT2D eigenvalue weighted by Crippen LogP contribution is 2.06. The zero-order valence-electron chi connectivity index (χ0n) is 5.85. The van der Waals surface area contributed by atoms with Gasteiger partial charge in [-0.2, -0.15) is 4.39 Å². The number of hydrogen-bond donors (Lipinski definition) is 0. The first-order chi connectivity index (χ1) is 5.65. The van der Waals surface area contributed by atoms with Crippen molar-refractivity contribution in [2.45, 2.75) is 0 Å². The van der Waals surface area contributed by atoms with Gasteiger partial charge in [0.05, 0.1) is 5.33 Å². The minimum absolute atomic E-state index is 0.0691. The molecule has 1 aromatic rings. The number of nitrogens with zero attached hydrogens (tertiary/aromatic N) is 1. The van der Waals surface area contributed by atoms with Crippen LogP contribution in [0.5, 0.6) is 0 Å². The summed E-state index contributed by atoms with van der Waals surface area (Å²) >= 11 is 2.83. The molecule has 0 radical (unpaired) electrons. The summed E-state index contributed by atoms with van der Waals surface area (Å²) in [6, 6.07) is 1.73. The van der Waals surface area contributed by atoms with Gasteiger partial charge in [-0.3, -0.25) is 4.79 Å². The molecule has 0 atom stereocenters. The molecule has 1 aromatic heterocycles. The Bertz CT molecular complexity index is 316. The number of halogens is 3. The van der Waals surface area contributed by atoms with E-state index in [0.717, 1.165) is 12.1 Å². The van der Waals surface area contributed by atoms with Crippen LogP contribution in [0.3, 0.4) is 0 Å². The zero-order valence-corrected chi connectivity index (χ0v) is 7.44. The summed E-state index contributed by atoms with van der Waals surface area (Å²) < 4.78 is 25.1. The van der Waals surface area contributed by atoms with E-state index in [1.54, 1.807) is 0 Å². The van der Waals surface area contributed by atoms with Crippen molar-refractivity contribution < 1.29 is 13.6 Å². The van der Waals surface area contributed by atoms with Gasteiger partial charge in [0.2, 0.25) is 5.95 Å². The number of rotatable bonds is 2. The van der Waals surface area contributed by atoms with Gasteiger partial charge in [-0.1, -0.05) is 15.9 Å². The molecule has 2 nitrogen and oxygen atoms in total. The Morgan fingerprint density at radius 3 is 2.75 bits per heavy atom. The fourth-order valence-electron chi connectivity index (χ4n) is 0.677. The zero-order chi connectivity index (χ0) is 9.14. The number of Topliss-reactive ketones (excluding diaryl/α,β-unsaturated/α-hetero) is 1. The summed E-state index contributed by atoms with van der Waals surface area (Å²) in [6.45, 7) is 0. The van der Waals surface area contributed by atoms with Gasteiger partial charge in [0.1, 0.15) is 5.69 Å². The average Bonchev–Trinajstić information content (AvgIpc) is 2.08. The van der Waals surface area contributed by atoms with Gasteiger partial charge in [-0.05, 0) is 12.1 Å². The average molecular weight is 236 g/mol. The molecule has 0 unspecified atom stereocenters. The predicted octanol–water partition coefficient (Wildman–Crippen LogP) is 1.94. The molecule has 1 rings (SSSR count).